The first kappa shape index (κ1) is 19.4. The van der Waals surface area contributed by atoms with Gasteiger partial charge in [0.2, 0.25) is 0 Å². The van der Waals surface area contributed by atoms with Crippen molar-refractivity contribution in [3.63, 3.8) is 0 Å². The first-order chi connectivity index (χ1) is 11.5. The van der Waals surface area contributed by atoms with Crippen LogP contribution in [0.4, 0.5) is 11.4 Å². The highest BCUT2D eigenvalue weighted by molar-refractivity contribution is 5.91. The van der Waals surface area contributed by atoms with Gasteiger partial charge < -0.3 is 19.3 Å². The molecule has 0 radical (unpaired) electrons. The van der Waals surface area contributed by atoms with E-state index in [4.69, 9.17) is 19.3 Å². The fraction of sp³-hybridized carbons (Fsp3) is 0.462. The van der Waals surface area contributed by atoms with E-state index in [-0.39, 0.29) is 45.2 Å². The van der Waals surface area contributed by atoms with Crippen LogP contribution < -0.4 is 0 Å². The summed E-state index contributed by atoms with van der Waals surface area (Å²) in [5.74, 6) is -0.929. The van der Waals surface area contributed by atoms with E-state index < -0.39 is 27.2 Å². The van der Waals surface area contributed by atoms with Gasteiger partial charge in [-0.2, -0.15) is 0 Å². The number of nitrogens with zero attached hydrogens (tertiary/aromatic N) is 2. The molecule has 24 heavy (non-hydrogen) atoms. The molecular weight excluding hydrogens is 328 g/mol. The summed E-state index contributed by atoms with van der Waals surface area (Å²) in [5.41, 5.74) is -1.44. The van der Waals surface area contributed by atoms with Gasteiger partial charge in [0.25, 0.3) is 11.4 Å². The Hall–Kier alpha value is -2.63. The quantitative estimate of drug-likeness (QED) is 0.264. The van der Waals surface area contributed by atoms with Gasteiger partial charge in [0.1, 0.15) is 6.61 Å². The van der Waals surface area contributed by atoms with Gasteiger partial charge in [-0.3, -0.25) is 20.2 Å². The predicted octanol–water partition coefficient (Wildman–Crippen LogP) is 0.685. The summed E-state index contributed by atoms with van der Waals surface area (Å²) >= 11 is 0. The van der Waals surface area contributed by atoms with Crippen LogP contribution in [0.3, 0.4) is 0 Å². The summed E-state index contributed by atoms with van der Waals surface area (Å²) in [4.78, 5) is 31.6. The number of aliphatic hydroxyl groups excluding tert-OH is 1. The van der Waals surface area contributed by atoms with Gasteiger partial charge in [-0.1, -0.05) is 0 Å². The molecule has 0 amide bonds. The second kappa shape index (κ2) is 10.2. The van der Waals surface area contributed by atoms with Crippen LogP contribution in [-0.2, 0) is 14.2 Å². The number of benzene rings is 1. The third-order valence-corrected chi connectivity index (χ3v) is 2.63. The van der Waals surface area contributed by atoms with Crippen molar-refractivity contribution in [3.05, 3.63) is 44.0 Å². The predicted molar refractivity (Wildman–Crippen MR) is 78.8 cm³/mol. The molecule has 1 aromatic carbocycles. The molecule has 0 spiro atoms. The monoisotopic (exact) mass is 344 g/mol. The third-order valence-electron chi connectivity index (χ3n) is 2.63. The maximum absolute atomic E-state index is 11.8. The Kier molecular flexibility index (Phi) is 8.25. The smallest absolute Gasteiger partial charge is 0.338 e. The lowest BCUT2D eigenvalue weighted by Gasteiger charge is -2.06. The number of non-ortho nitro benzene ring substituents is 2. The Morgan fingerprint density at radius 2 is 1.42 bits per heavy atom. The summed E-state index contributed by atoms with van der Waals surface area (Å²) < 4.78 is 14.9. The lowest BCUT2D eigenvalue weighted by molar-refractivity contribution is -0.394. The molecule has 0 saturated heterocycles. The summed E-state index contributed by atoms with van der Waals surface area (Å²) in [7, 11) is 0. The third kappa shape index (κ3) is 6.64. The molecule has 11 nitrogen and oxygen atoms in total. The molecule has 0 atom stereocenters. The average molecular weight is 344 g/mol. The molecule has 0 fully saturated rings. The van der Waals surface area contributed by atoms with E-state index in [1.807, 2.05) is 0 Å². The van der Waals surface area contributed by atoms with Crippen LogP contribution in [-0.4, -0.2) is 60.6 Å². The van der Waals surface area contributed by atoms with Crippen LogP contribution in [0.15, 0.2) is 18.2 Å². The largest absolute Gasteiger partial charge is 0.460 e. The molecule has 0 heterocycles. The number of aliphatic hydroxyl groups is 1. The minimum Gasteiger partial charge on any atom is -0.460 e. The minimum atomic E-state index is -0.929. The minimum absolute atomic E-state index is 0.0608. The fourth-order valence-corrected chi connectivity index (χ4v) is 1.59. The molecule has 1 aromatic rings. The molecule has 0 saturated carbocycles. The van der Waals surface area contributed by atoms with Gasteiger partial charge in [-0.25, -0.2) is 4.79 Å². The first-order valence-electron chi connectivity index (χ1n) is 6.83. The number of nitro groups is 2. The zero-order valence-corrected chi connectivity index (χ0v) is 12.6. The van der Waals surface area contributed by atoms with Gasteiger partial charge in [-0.15, -0.1) is 0 Å². The van der Waals surface area contributed by atoms with Crippen LogP contribution in [0.25, 0.3) is 0 Å². The van der Waals surface area contributed by atoms with Crippen molar-refractivity contribution >= 4 is 17.3 Å². The number of rotatable bonds is 11. The van der Waals surface area contributed by atoms with Crippen molar-refractivity contribution in [1.29, 1.82) is 0 Å². The molecule has 0 aliphatic heterocycles. The highest BCUT2D eigenvalue weighted by Gasteiger charge is 2.20. The maximum Gasteiger partial charge on any atom is 0.338 e. The fourth-order valence-electron chi connectivity index (χ4n) is 1.59. The Morgan fingerprint density at radius 1 is 0.917 bits per heavy atom. The zero-order valence-electron chi connectivity index (χ0n) is 12.6. The molecule has 0 aliphatic rings. The molecule has 1 rings (SSSR count). The summed E-state index contributed by atoms with van der Waals surface area (Å²) in [5, 5.41) is 30.0. The molecule has 0 unspecified atom stereocenters. The molecular formula is C13H16N2O9. The number of hydrogen-bond donors (Lipinski definition) is 1. The lowest BCUT2D eigenvalue weighted by atomic mass is 10.2. The Bertz CT molecular complexity index is 559. The van der Waals surface area contributed by atoms with Gasteiger partial charge in [0.15, 0.2) is 0 Å². The summed E-state index contributed by atoms with van der Waals surface area (Å²) in [6.07, 6.45) is 0. The van der Waals surface area contributed by atoms with Crippen LogP contribution in [0.5, 0.6) is 0 Å². The van der Waals surface area contributed by atoms with Crippen molar-refractivity contribution in [2.75, 3.05) is 39.6 Å². The van der Waals surface area contributed by atoms with Gasteiger partial charge >= 0.3 is 5.97 Å². The Morgan fingerprint density at radius 3 is 1.92 bits per heavy atom. The maximum atomic E-state index is 11.8. The molecule has 132 valence electrons. The van der Waals surface area contributed by atoms with Crippen LogP contribution >= 0.6 is 0 Å². The topological polar surface area (TPSA) is 151 Å². The van der Waals surface area contributed by atoms with Crippen molar-refractivity contribution in [3.8, 4) is 0 Å². The number of nitro benzene ring substituents is 2. The summed E-state index contributed by atoms with van der Waals surface area (Å²) in [6.45, 7) is 0.544. The Balaban J connectivity index is 2.49. The van der Waals surface area contributed by atoms with E-state index >= 15 is 0 Å². The zero-order chi connectivity index (χ0) is 17.9. The normalized spacial score (nSPS) is 10.4. The van der Waals surface area contributed by atoms with Gasteiger partial charge in [0, 0.05) is 12.1 Å². The van der Waals surface area contributed by atoms with Crippen molar-refractivity contribution < 1.29 is 34.0 Å². The van der Waals surface area contributed by atoms with Crippen LogP contribution in [0, 0.1) is 20.2 Å². The SMILES string of the molecule is O=C(OCCOCCOCCO)c1cc([N+](=O)[O-])cc([N+](=O)[O-])c1. The van der Waals surface area contributed by atoms with Crippen LogP contribution in [0.2, 0.25) is 0 Å². The van der Waals surface area contributed by atoms with Gasteiger partial charge in [0.05, 0.1) is 54.5 Å². The Labute approximate surface area is 136 Å². The number of esters is 1. The lowest BCUT2D eigenvalue weighted by Crippen LogP contribution is -2.14. The molecule has 0 aromatic heterocycles. The number of hydrogen-bond acceptors (Lipinski definition) is 9. The van der Waals surface area contributed by atoms with E-state index in [1.54, 1.807) is 0 Å². The van der Waals surface area contributed by atoms with Crippen LogP contribution in [0.1, 0.15) is 10.4 Å². The van der Waals surface area contributed by atoms with E-state index in [9.17, 15) is 25.0 Å². The molecule has 11 heteroatoms. The van der Waals surface area contributed by atoms with E-state index in [1.165, 1.54) is 0 Å². The second-order valence-corrected chi connectivity index (χ2v) is 4.34. The average Bonchev–Trinajstić information content (AvgIpc) is 2.56. The standard InChI is InChI=1S/C13H16N2O9/c16-1-2-22-3-4-23-5-6-24-13(17)10-7-11(14(18)19)9-12(8-10)15(20)21/h7-9,16H,1-6H2. The first-order valence-corrected chi connectivity index (χ1v) is 6.83. The highest BCUT2D eigenvalue weighted by atomic mass is 16.6. The van der Waals surface area contributed by atoms with E-state index in [0.29, 0.717) is 0 Å². The number of carbonyl (C=O) groups is 1. The molecule has 0 aliphatic carbocycles. The van der Waals surface area contributed by atoms with E-state index in [2.05, 4.69) is 0 Å². The van der Waals surface area contributed by atoms with Crippen molar-refractivity contribution in [1.82, 2.24) is 0 Å². The number of carbonyl (C=O) groups excluding carboxylic acids is 1. The number of ether oxygens (including phenoxy) is 3. The van der Waals surface area contributed by atoms with Crippen molar-refractivity contribution in [2.24, 2.45) is 0 Å². The van der Waals surface area contributed by atoms with Gasteiger partial charge in [-0.05, 0) is 0 Å². The highest BCUT2D eigenvalue weighted by Crippen LogP contribution is 2.23. The summed E-state index contributed by atoms with van der Waals surface area (Å²) in [6, 6.07) is 2.56. The molecule has 0 bridgehead atoms. The van der Waals surface area contributed by atoms with Crippen molar-refractivity contribution in [2.45, 2.75) is 0 Å². The van der Waals surface area contributed by atoms with E-state index in [0.717, 1.165) is 18.2 Å². The molecule has 1 N–H and O–H groups in total. The second-order valence-electron chi connectivity index (χ2n) is 4.34.